The predicted molar refractivity (Wildman–Crippen MR) is 78.9 cm³/mol. The minimum Gasteiger partial charge on any atom is -0.480 e. The van der Waals surface area contributed by atoms with Crippen LogP contribution in [0, 0.1) is 13.8 Å². The summed E-state index contributed by atoms with van der Waals surface area (Å²) in [6.07, 6.45) is -0.0406. The molecule has 7 heteroatoms. The van der Waals surface area contributed by atoms with E-state index in [0.29, 0.717) is 5.69 Å². The number of urea groups is 1. The number of amides is 2. The third-order valence-electron chi connectivity index (χ3n) is 2.76. The van der Waals surface area contributed by atoms with Gasteiger partial charge in [-0.15, -0.1) is 0 Å². The smallest absolute Gasteiger partial charge is 0.326 e. The molecular formula is C13H17BrN2O4. The summed E-state index contributed by atoms with van der Waals surface area (Å²) in [5.41, 5.74) is 2.36. The molecule has 1 atom stereocenters. The summed E-state index contributed by atoms with van der Waals surface area (Å²) in [6.45, 7) is 3.37. The fourth-order valence-electron chi connectivity index (χ4n) is 1.80. The summed E-state index contributed by atoms with van der Waals surface area (Å²) in [4.78, 5) is 22.7. The molecular weight excluding hydrogens is 328 g/mol. The molecule has 2 amide bonds. The fraction of sp³-hybridized carbons (Fsp3) is 0.385. The lowest BCUT2D eigenvalue weighted by Crippen LogP contribution is -2.43. The van der Waals surface area contributed by atoms with Gasteiger partial charge in [0.2, 0.25) is 0 Å². The molecule has 0 aliphatic rings. The number of aliphatic hydroxyl groups excluding tert-OH is 1. The molecule has 20 heavy (non-hydrogen) atoms. The molecule has 0 aliphatic heterocycles. The molecule has 0 saturated heterocycles. The Balaban J connectivity index is 2.78. The Morgan fingerprint density at radius 1 is 1.30 bits per heavy atom. The van der Waals surface area contributed by atoms with Gasteiger partial charge in [-0.3, -0.25) is 0 Å². The van der Waals surface area contributed by atoms with Crippen LogP contribution in [0.2, 0.25) is 0 Å². The van der Waals surface area contributed by atoms with E-state index < -0.39 is 18.0 Å². The van der Waals surface area contributed by atoms with Crippen LogP contribution in [0.15, 0.2) is 16.6 Å². The first-order chi connectivity index (χ1) is 9.35. The van der Waals surface area contributed by atoms with Crippen LogP contribution in [0.5, 0.6) is 0 Å². The monoisotopic (exact) mass is 344 g/mol. The molecule has 0 bridgehead atoms. The Labute approximate surface area is 125 Å². The first kappa shape index (κ1) is 16.5. The molecule has 0 aliphatic carbocycles. The second-order valence-corrected chi connectivity index (χ2v) is 5.33. The molecule has 1 rings (SSSR count). The number of carbonyl (C=O) groups excluding carboxylic acids is 1. The van der Waals surface area contributed by atoms with Crippen LogP contribution in [-0.4, -0.2) is 34.9 Å². The second kappa shape index (κ2) is 7.25. The molecule has 0 aromatic heterocycles. The quantitative estimate of drug-likeness (QED) is 0.656. The Kier molecular flexibility index (Phi) is 5.97. The van der Waals surface area contributed by atoms with E-state index in [9.17, 15) is 9.59 Å². The number of hydrogen-bond acceptors (Lipinski definition) is 3. The van der Waals surface area contributed by atoms with Crippen LogP contribution in [0.1, 0.15) is 17.5 Å². The van der Waals surface area contributed by atoms with E-state index in [1.54, 1.807) is 0 Å². The summed E-state index contributed by atoms with van der Waals surface area (Å²) in [7, 11) is 0. The Morgan fingerprint density at radius 3 is 2.30 bits per heavy atom. The number of carbonyl (C=O) groups is 2. The summed E-state index contributed by atoms with van der Waals surface area (Å²) in [5, 5.41) is 22.6. The Hall–Kier alpha value is -1.60. The zero-order chi connectivity index (χ0) is 15.3. The van der Waals surface area contributed by atoms with Crippen molar-refractivity contribution >= 4 is 33.6 Å². The highest BCUT2D eigenvalue weighted by Gasteiger charge is 2.19. The van der Waals surface area contributed by atoms with Gasteiger partial charge in [-0.05, 0) is 37.1 Å². The highest BCUT2D eigenvalue weighted by Crippen LogP contribution is 2.24. The van der Waals surface area contributed by atoms with Crippen LogP contribution < -0.4 is 10.6 Å². The van der Waals surface area contributed by atoms with Gasteiger partial charge in [-0.2, -0.15) is 0 Å². The summed E-state index contributed by atoms with van der Waals surface area (Å²) >= 11 is 3.36. The average molecular weight is 345 g/mol. The molecule has 4 N–H and O–H groups in total. The van der Waals surface area contributed by atoms with E-state index in [0.717, 1.165) is 15.6 Å². The van der Waals surface area contributed by atoms with Gasteiger partial charge in [0.15, 0.2) is 0 Å². The van der Waals surface area contributed by atoms with Crippen molar-refractivity contribution in [1.82, 2.24) is 5.32 Å². The van der Waals surface area contributed by atoms with Crippen molar-refractivity contribution in [2.45, 2.75) is 26.3 Å². The van der Waals surface area contributed by atoms with Crippen LogP contribution in [0.25, 0.3) is 0 Å². The topological polar surface area (TPSA) is 98.7 Å². The number of rotatable bonds is 5. The lowest BCUT2D eigenvalue weighted by molar-refractivity contribution is -0.139. The molecule has 0 radical (unpaired) electrons. The fourth-order valence-corrected chi connectivity index (χ4v) is 2.49. The Morgan fingerprint density at radius 2 is 1.85 bits per heavy atom. The third-order valence-corrected chi connectivity index (χ3v) is 3.22. The van der Waals surface area contributed by atoms with Gasteiger partial charge in [-0.25, -0.2) is 9.59 Å². The number of benzene rings is 1. The number of halogens is 1. The minimum absolute atomic E-state index is 0.0406. The predicted octanol–water partition coefficient (Wildman–Crippen LogP) is 2.02. The number of aliphatic hydroxyl groups is 1. The number of aliphatic carboxylic acids is 1. The van der Waals surface area contributed by atoms with Crippen molar-refractivity contribution in [3.63, 3.8) is 0 Å². The number of anilines is 1. The van der Waals surface area contributed by atoms with Crippen molar-refractivity contribution in [2.24, 2.45) is 0 Å². The van der Waals surface area contributed by atoms with Crippen molar-refractivity contribution in [3.8, 4) is 0 Å². The number of hydrogen-bond donors (Lipinski definition) is 4. The van der Waals surface area contributed by atoms with E-state index in [-0.39, 0.29) is 13.0 Å². The zero-order valence-corrected chi connectivity index (χ0v) is 12.8. The van der Waals surface area contributed by atoms with Crippen LogP contribution in [0.3, 0.4) is 0 Å². The van der Waals surface area contributed by atoms with Gasteiger partial charge in [0.25, 0.3) is 0 Å². The molecule has 110 valence electrons. The van der Waals surface area contributed by atoms with E-state index >= 15 is 0 Å². The first-order valence-corrected chi connectivity index (χ1v) is 6.82. The number of carboxylic acids is 1. The largest absolute Gasteiger partial charge is 0.480 e. The summed E-state index contributed by atoms with van der Waals surface area (Å²) < 4.78 is 0.905. The van der Waals surface area contributed by atoms with Gasteiger partial charge in [0.05, 0.1) is 0 Å². The normalized spacial score (nSPS) is 11.8. The molecule has 0 unspecified atom stereocenters. The summed E-state index contributed by atoms with van der Waals surface area (Å²) in [6, 6.07) is 1.98. The maximum atomic E-state index is 11.8. The minimum atomic E-state index is -1.18. The van der Waals surface area contributed by atoms with Gasteiger partial charge >= 0.3 is 12.0 Å². The van der Waals surface area contributed by atoms with E-state index in [2.05, 4.69) is 26.6 Å². The van der Waals surface area contributed by atoms with Crippen molar-refractivity contribution in [1.29, 1.82) is 0 Å². The van der Waals surface area contributed by atoms with Gasteiger partial charge in [-0.1, -0.05) is 15.9 Å². The SMILES string of the molecule is Cc1cc(Br)cc(C)c1NC(=O)N[C@H](CCO)C(=O)O. The van der Waals surface area contributed by atoms with Crippen LogP contribution >= 0.6 is 15.9 Å². The second-order valence-electron chi connectivity index (χ2n) is 4.42. The number of carboxylic acid groups (broad SMARTS) is 1. The number of nitrogens with one attached hydrogen (secondary N) is 2. The third kappa shape index (κ3) is 4.50. The van der Waals surface area contributed by atoms with Crippen molar-refractivity contribution < 1.29 is 19.8 Å². The van der Waals surface area contributed by atoms with Crippen molar-refractivity contribution in [2.75, 3.05) is 11.9 Å². The average Bonchev–Trinajstić information content (AvgIpc) is 2.33. The molecule has 0 fully saturated rings. The Bertz CT molecular complexity index is 496. The van der Waals surface area contributed by atoms with Gasteiger partial charge in [0.1, 0.15) is 6.04 Å². The highest BCUT2D eigenvalue weighted by atomic mass is 79.9. The first-order valence-electron chi connectivity index (χ1n) is 6.03. The van der Waals surface area contributed by atoms with Gasteiger partial charge < -0.3 is 20.8 Å². The molecule has 1 aromatic carbocycles. The lowest BCUT2D eigenvalue weighted by Gasteiger charge is -2.16. The molecule has 0 saturated carbocycles. The maximum absolute atomic E-state index is 11.8. The van der Waals surface area contributed by atoms with Crippen molar-refractivity contribution in [3.05, 3.63) is 27.7 Å². The summed E-state index contributed by atoms with van der Waals surface area (Å²) in [5.74, 6) is -1.18. The zero-order valence-electron chi connectivity index (χ0n) is 11.2. The molecule has 6 nitrogen and oxygen atoms in total. The highest BCUT2D eigenvalue weighted by molar-refractivity contribution is 9.10. The standard InChI is InChI=1S/C13H17BrN2O4/c1-7-5-9(14)6-8(2)11(7)16-13(20)15-10(3-4-17)12(18)19/h5-6,10,17H,3-4H2,1-2H3,(H,18,19)(H2,15,16,20)/t10-/m1/s1. The van der Waals surface area contributed by atoms with Crippen LogP contribution in [-0.2, 0) is 4.79 Å². The number of aryl methyl sites for hydroxylation is 2. The molecule has 0 heterocycles. The van der Waals surface area contributed by atoms with Crippen LogP contribution in [0.4, 0.5) is 10.5 Å². The lowest BCUT2D eigenvalue weighted by atomic mass is 10.1. The molecule has 1 aromatic rings. The van der Waals surface area contributed by atoms with E-state index in [4.69, 9.17) is 10.2 Å². The van der Waals surface area contributed by atoms with E-state index in [1.807, 2.05) is 26.0 Å². The van der Waals surface area contributed by atoms with Gasteiger partial charge in [0, 0.05) is 23.2 Å². The molecule has 0 spiro atoms. The maximum Gasteiger partial charge on any atom is 0.326 e. The van der Waals surface area contributed by atoms with E-state index in [1.165, 1.54) is 0 Å².